The maximum absolute atomic E-state index is 14.1. The molecule has 0 aliphatic carbocycles. The zero-order chi connectivity index (χ0) is 29.0. The van der Waals surface area contributed by atoms with Gasteiger partial charge in [-0.15, -0.1) is 0 Å². The maximum Gasteiger partial charge on any atom is 0.419 e. The van der Waals surface area contributed by atoms with Crippen molar-refractivity contribution in [2.45, 2.75) is 43.9 Å². The number of para-hydroxylation sites is 2. The highest BCUT2D eigenvalue weighted by Gasteiger charge is 2.38. The van der Waals surface area contributed by atoms with Crippen molar-refractivity contribution in [3.63, 3.8) is 0 Å². The Bertz CT molecular complexity index is 1850. The molecule has 0 radical (unpaired) electrons. The lowest BCUT2D eigenvalue weighted by atomic mass is 10.00. The van der Waals surface area contributed by atoms with E-state index < -0.39 is 22.2 Å². The van der Waals surface area contributed by atoms with Gasteiger partial charge in [0.2, 0.25) is 10.0 Å². The molecule has 7 rings (SSSR count). The number of fused-ring (bicyclic) bond motifs is 3. The van der Waals surface area contributed by atoms with Crippen molar-refractivity contribution in [3.8, 4) is 0 Å². The lowest BCUT2D eigenvalue weighted by molar-refractivity contribution is 0.135. The molecule has 0 N–H and O–H groups in total. The highest BCUT2D eigenvalue weighted by molar-refractivity contribution is 7.89. The molecule has 4 aromatic carbocycles. The molecule has 0 aromatic heterocycles. The summed E-state index contributed by atoms with van der Waals surface area (Å²) >= 11 is 0. The summed E-state index contributed by atoms with van der Waals surface area (Å²) in [5.41, 5.74) is 4.95. The number of carbonyl (C=O) groups is 2. The summed E-state index contributed by atoms with van der Waals surface area (Å²) < 4.78 is 40.5. The van der Waals surface area contributed by atoms with Gasteiger partial charge in [0, 0.05) is 41.0 Å². The Balaban J connectivity index is 1.20. The van der Waals surface area contributed by atoms with Gasteiger partial charge in [-0.3, -0.25) is 4.90 Å². The number of nitrogens with zero attached hydrogens (tertiary/aromatic N) is 3. The van der Waals surface area contributed by atoms with Gasteiger partial charge in [0.1, 0.15) is 13.2 Å². The minimum absolute atomic E-state index is 0.173. The Hall–Kier alpha value is -4.41. The van der Waals surface area contributed by atoms with E-state index in [4.69, 9.17) is 9.47 Å². The Kier molecular flexibility index (Phi) is 6.40. The van der Waals surface area contributed by atoms with Gasteiger partial charge in [-0.2, -0.15) is 4.31 Å². The molecule has 10 heteroatoms. The minimum Gasteiger partial charge on any atom is -0.444 e. The molecule has 0 saturated carbocycles. The van der Waals surface area contributed by atoms with Crippen LogP contribution in [0.2, 0.25) is 0 Å². The van der Waals surface area contributed by atoms with Gasteiger partial charge in [-0.1, -0.05) is 60.7 Å². The smallest absolute Gasteiger partial charge is 0.419 e. The fourth-order valence-electron chi connectivity index (χ4n) is 6.36. The fourth-order valence-corrected chi connectivity index (χ4v) is 8.03. The molecule has 9 nitrogen and oxygen atoms in total. The molecule has 1 fully saturated rings. The molecule has 0 spiro atoms. The van der Waals surface area contributed by atoms with Gasteiger partial charge >= 0.3 is 12.2 Å². The number of anilines is 3. The van der Waals surface area contributed by atoms with Gasteiger partial charge in [0.25, 0.3) is 0 Å². The highest BCUT2D eigenvalue weighted by atomic mass is 32.2. The van der Waals surface area contributed by atoms with Crippen molar-refractivity contribution in [2.75, 3.05) is 22.9 Å². The monoisotopic (exact) mass is 583 g/mol. The predicted molar refractivity (Wildman–Crippen MR) is 158 cm³/mol. The van der Waals surface area contributed by atoms with Crippen LogP contribution in [0.5, 0.6) is 0 Å². The molecule has 0 bridgehead atoms. The maximum atomic E-state index is 14.1. The molecule has 1 saturated heterocycles. The van der Waals surface area contributed by atoms with E-state index in [-0.39, 0.29) is 37.2 Å². The van der Waals surface area contributed by atoms with E-state index in [9.17, 15) is 18.0 Å². The number of ether oxygens (including phenoxy) is 2. The van der Waals surface area contributed by atoms with E-state index >= 15 is 0 Å². The molecule has 214 valence electrons. The molecule has 3 aliphatic heterocycles. The number of piperidine rings is 1. The van der Waals surface area contributed by atoms with Crippen LogP contribution in [0.4, 0.5) is 26.7 Å². The number of hydrogen-bond acceptors (Lipinski definition) is 6. The predicted octanol–water partition coefficient (Wildman–Crippen LogP) is 6.25. The van der Waals surface area contributed by atoms with Crippen LogP contribution < -0.4 is 9.80 Å². The Labute approximate surface area is 243 Å². The van der Waals surface area contributed by atoms with E-state index in [0.717, 1.165) is 22.4 Å². The molecule has 3 aliphatic rings. The van der Waals surface area contributed by atoms with E-state index in [2.05, 4.69) is 0 Å². The molecule has 2 amide bonds. The van der Waals surface area contributed by atoms with Crippen LogP contribution in [0.3, 0.4) is 0 Å². The summed E-state index contributed by atoms with van der Waals surface area (Å²) in [5, 5.41) is 1.15. The van der Waals surface area contributed by atoms with Crippen LogP contribution in [0.1, 0.15) is 29.5 Å². The highest BCUT2D eigenvalue weighted by Crippen LogP contribution is 2.40. The molecular weight excluding hydrogens is 554 g/mol. The Morgan fingerprint density at radius 1 is 0.714 bits per heavy atom. The van der Waals surface area contributed by atoms with Crippen molar-refractivity contribution in [3.05, 3.63) is 95.6 Å². The van der Waals surface area contributed by atoms with Crippen LogP contribution in [-0.2, 0) is 32.7 Å². The molecular formula is C32H29N3O6S. The first kappa shape index (κ1) is 26.5. The molecule has 4 aromatic rings. The summed E-state index contributed by atoms with van der Waals surface area (Å²) in [6, 6.07) is 23.7. The number of carbonyl (C=O) groups excluding carboxylic acids is 2. The summed E-state index contributed by atoms with van der Waals surface area (Å²) in [4.78, 5) is 29.2. The average Bonchev–Trinajstić information content (AvgIpc) is 3.01. The summed E-state index contributed by atoms with van der Waals surface area (Å²) in [7, 11) is -3.88. The fraction of sp³-hybridized carbons (Fsp3) is 0.250. The number of hydrogen-bond donors (Lipinski definition) is 0. The summed E-state index contributed by atoms with van der Waals surface area (Å²) in [6.07, 6.45) is 0.0605. The summed E-state index contributed by atoms with van der Waals surface area (Å²) in [5.74, 6) is 0. The lowest BCUT2D eigenvalue weighted by Crippen LogP contribution is -2.50. The van der Waals surface area contributed by atoms with E-state index in [1.165, 1.54) is 9.21 Å². The molecule has 3 heterocycles. The van der Waals surface area contributed by atoms with Gasteiger partial charge in [0.15, 0.2) is 0 Å². The van der Waals surface area contributed by atoms with Crippen molar-refractivity contribution in [1.29, 1.82) is 0 Å². The van der Waals surface area contributed by atoms with Crippen LogP contribution in [0.25, 0.3) is 10.8 Å². The van der Waals surface area contributed by atoms with E-state index in [1.807, 2.05) is 55.5 Å². The lowest BCUT2D eigenvalue weighted by Gasteiger charge is -2.40. The standard InChI is InChI=1S/C32H29N3O6S/c1-21-7-4-9-23-20-41-31(36)34(30(21)23)24-15-17-33(18-16-24)42(38,39)29-14-6-10-25-26(29)11-5-13-28(25)35-27-12-3-2-8-22(27)19-40-32(35)37/h2-14,24H,15-20H2,1H3. The quantitative estimate of drug-likeness (QED) is 0.282. The first-order chi connectivity index (χ1) is 20.3. The van der Waals surface area contributed by atoms with E-state index in [0.29, 0.717) is 35.0 Å². The third-order valence-electron chi connectivity index (χ3n) is 8.38. The van der Waals surface area contributed by atoms with Crippen molar-refractivity contribution in [2.24, 2.45) is 0 Å². The number of cyclic esters (lactones) is 2. The van der Waals surface area contributed by atoms with E-state index in [1.54, 1.807) is 35.2 Å². The first-order valence-corrected chi connectivity index (χ1v) is 15.4. The number of benzene rings is 4. The van der Waals surface area contributed by atoms with Crippen LogP contribution in [0, 0.1) is 6.92 Å². The van der Waals surface area contributed by atoms with Gasteiger partial charge in [-0.25, -0.2) is 22.9 Å². The minimum atomic E-state index is -3.88. The third-order valence-corrected chi connectivity index (χ3v) is 10.3. The topological polar surface area (TPSA) is 96.5 Å². The summed E-state index contributed by atoms with van der Waals surface area (Å²) in [6.45, 7) is 2.93. The SMILES string of the molecule is Cc1cccc2c1N(C1CCN(S(=O)(=O)c3cccc4c(N5C(=O)OCc6ccccc65)cccc34)CC1)C(=O)OC2. The van der Waals surface area contributed by atoms with Gasteiger partial charge < -0.3 is 9.47 Å². The first-order valence-electron chi connectivity index (χ1n) is 14.0. The molecule has 42 heavy (non-hydrogen) atoms. The number of sulfonamides is 1. The Morgan fingerprint density at radius 2 is 1.36 bits per heavy atom. The number of rotatable bonds is 4. The third kappa shape index (κ3) is 4.21. The van der Waals surface area contributed by atoms with Crippen molar-refractivity contribution in [1.82, 2.24) is 4.31 Å². The van der Waals surface area contributed by atoms with Crippen molar-refractivity contribution >= 4 is 50.0 Å². The van der Waals surface area contributed by atoms with Crippen LogP contribution >= 0.6 is 0 Å². The van der Waals surface area contributed by atoms with Crippen LogP contribution in [-0.4, -0.2) is 44.0 Å². The number of aryl methyl sites for hydroxylation is 1. The van der Waals surface area contributed by atoms with Gasteiger partial charge in [0.05, 0.1) is 22.0 Å². The van der Waals surface area contributed by atoms with Crippen molar-refractivity contribution < 1.29 is 27.5 Å². The molecule has 0 atom stereocenters. The zero-order valence-electron chi connectivity index (χ0n) is 23.0. The number of amides is 2. The zero-order valence-corrected chi connectivity index (χ0v) is 23.8. The molecule has 0 unspecified atom stereocenters. The Morgan fingerprint density at radius 3 is 2.19 bits per heavy atom. The van der Waals surface area contributed by atoms with Gasteiger partial charge in [-0.05, 0) is 43.5 Å². The largest absolute Gasteiger partial charge is 0.444 e. The van der Waals surface area contributed by atoms with Crippen LogP contribution in [0.15, 0.2) is 83.8 Å². The second kappa shape index (κ2) is 10.1. The average molecular weight is 584 g/mol. The second-order valence-corrected chi connectivity index (χ2v) is 12.7. The second-order valence-electron chi connectivity index (χ2n) is 10.8. The normalized spacial score (nSPS) is 17.9.